The molecule has 3 heteroatoms. The van der Waals surface area contributed by atoms with E-state index in [0.717, 1.165) is 42.3 Å². The van der Waals surface area contributed by atoms with Gasteiger partial charge in [0.05, 0.1) is 0 Å². The number of nitrogens with one attached hydrogen (secondary N) is 1. The predicted octanol–water partition coefficient (Wildman–Crippen LogP) is 4.94. The zero-order valence-electron chi connectivity index (χ0n) is 12.2. The summed E-state index contributed by atoms with van der Waals surface area (Å²) in [4.78, 5) is 0. The van der Waals surface area contributed by atoms with Crippen molar-refractivity contribution in [3.8, 4) is 0 Å². The molecule has 1 unspecified atom stereocenters. The Morgan fingerprint density at radius 1 is 1.32 bits per heavy atom. The molecule has 108 valence electrons. The van der Waals surface area contributed by atoms with Gasteiger partial charge in [-0.05, 0) is 61.9 Å². The van der Waals surface area contributed by atoms with Gasteiger partial charge in [0.1, 0.15) is 5.82 Å². The monoisotopic (exact) mass is 329 g/mol. The Kier molecular flexibility index (Phi) is 7.62. The Morgan fingerprint density at radius 2 is 2.05 bits per heavy atom. The molecule has 0 saturated heterocycles. The first-order valence-corrected chi connectivity index (χ1v) is 8.01. The molecule has 1 aromatic carbocycles. The van der Waals surface area contributed by atoms with Crippen molar-refractivity contribution in [1.29, 1.82) is 0 Å². The summed E-state index contributed by atoms with van der Waals surface area (Å²) in [5.74, 6) is 0.532. The van der Waals surface area contributed by atoms with Gasteiger partial charge in [-0.15, -0.1) is 0 Å². The Hall–Kier alpha value is -0.410. The zero-order valence-corrected chi connectivity index (χ0v) is 13.8. The lowest BCUT2D eigenvalue weighted by Gasteiger charge is -2.22. The van der Waals surface area contributed by atoms with Crippen molar-refractivity contribution in [2.75, 3.05) is 6.54 Å². The maximum Gasteiger partial charge on any atom is 0.126 e. The quantitative estimate of drug-likeness (QED) is 0.712. The highest BCUT2D eigenvalue weighted by molar-refractivity contribution is 9.10. The summed E-state index contributed by atoms with van der Waals surface area (Å²) >= 11 is 3.40. The second kappa shape index (κ2) is 8.70. The summed E-state index contributed by atoms with van der Waals surface area (Å²) in [6, 6.07) is 5.71. The molecular weight excluding hydrogens is 305 g/mol. The van der Waals surface area contributed by atoms with Crippen LogP contribution in [0.15, 0.2) is 22.7 Å². The Morgan fingerprint density at radius 3 is 2.68 bits per heavy atom. The van der Waals surface area contributed by atoms with Crippen LogP contribution >= 0.6 is 15.9 Å². The maximum atomic E-state index is 13.6. The van der Waals surface area contributed by atoms with Crippen LogP contribution < -0.4 is 5.32 Å². The number of aryl methyl sites for hydroxylation is 1. The smallest absolute Gasteiger partial charge is 0.126 e. The number of hydrogen-bond donors (Lipinski definition) is 1. The van der Waals surface area contributed by atoms with Crippen molar-refractivity contribution in [3.63, 3.8) is 0 Å². The van der Waals surface area contributed by atoms with Gasteiger partial charge in [-0.1, -0.05) is 36.7 Å². The van der Waals surface area contributed by atoms with Gasteiger partial charge >= 0.3 is 0 Å². The number of rotatable bonds is 8. The maximum absolute atomic E-state index is 13.6. The van der Waals surface area contributed by atoms with Gasteiger partial charge in [-0.3, -0.25) is 0 Å². The van der Waals surface area contributed by atoms with Crippen molar-refractivity contribution in [2.24, 2.45) is 5.92 Å². The van der Waals surface area contributed by atoms with Crippen LogP contribution in [0.25, 0.3) is 0 Å². The highest BCUT2D eigenvalue weighted by atomic mass is 79.9. The Bertz CT molecular complexity index is 379. The van der Waals surface area contributed by atoms with E-state index in [1.165, 1.54) is 6.07 Å². The third-order valence-corrected chi connectivity index (χ3v) is 3.92. The topological polar surface area (TPSA) is 12.0 Å². The molecule has 0 bridgehead atoms. The van der Waals surface area contributed by atoms with Crippen LogP contribution in [0.1, 0.15) is 45.6 Å². The van der Waals surface area contributed by atoms with Crippen LogP contribution in [-0.2, 0) is 6.42 Å². The minimum atomic E-state index is -0.0918. The summed E-state index contributed by atoms with van der Waals surface area (Å²) in [5, 5.41) is 3.58. The first-order valence-electron chi connectivity index (χ1n) is 7.22. The number of halogens is 2. The van der Waals surface area contributed by atoms with E-state index in [1.807, 2.05) is 6.07 Å². The molecule has 0 radical (unpaired) electrons. The summed E-state index contributed by atoms with van der Waals surface area (Å²) in [6.45, 7) is 7.73. The highest BCUT2D eigenvalue weighted by Gasteiger charge is 2.12. The summed E-state index contributed by atoms with van der Waals surface area (Å²) in [5.41, 5.74) is 0.812. The first kappa shape index (κ1) is 16.6. The van der Waals surface area contributed by atoms with Crippen molar-refractivity contribution in [2.45, 2.75) is 52.5 Å². The van der Waals surface area contributed by atoms with Gasteiger partial charge in [-0.25, -0.2) is 4.39 Å². The predicted molar refractivity (Wildman–Crippen MR) is 84.0 cm³/mol. The standard InChI is InChI=1S/C16H25BrFN/c1-4-10-19-16(12(2)3)7-5-6-13-11-14(17)8-9-15(13)18/h8-9,11-12,16,19H,4-7,10H2,1-3H3. The molecule has 0 aliphatic heterocycles. The molecule has 0 fully saturated rings. The molecule has 0 spiro atoms. The Balaban J connectivity index is 2.44. The summed E-state index contributed by atoms with van der Waals surface area (Å²) in [6.07, 6.45) is 4.09. The summed E-state index contributed by atoms with van der Waals surface area (Å²) < 4.78 is 14.6. The second-order valence-electron chi connectivity index (χ2n) is 5.43. The van der Waals surface area contributed by atoms with Crippen LogP contribution in [0, 0.1) is 11.7 Å². The van der Waals surface area contributed by atoms with E-state index in [2.05, 4.69) is 42.0 Å². The number of hydrogen-bond acceptors (Lipinski definition) is 1. The van der Waals surface area contributed by atoms with Crippen LogP contribution in [0.2, 0.25) is 0 Å². The third-order valence-electron chi connectivity index (χ3n) is 3.43. The average molecular weight is 330 g/mol. The van der Waals surface area contributed by atoms with Crippen molar-refractivity contribution < 1.29 is 4.39 Å². The molecule has 19 heavy (non-hydrogen) atoms. The molecule has 1 nitrogen and oxygen atoms in total. The van der Waals surface area contributed by atoms with Gasteiger partial charge in [0.25, 0.3) is 0 Å². The fraction of sp³-hybridized carbons (Fsp3) is 0.625. The number of benzene rings is 1. The molecule has 0 aliphatic carbocycles. The van der Waals surface area contributed by atoms with E-state index in [9.17, 15) is 4.39 Å². The fourth-order valence-electron chi connectivity index (χ4n) is 2.25. The van der Waals surface area contributed by atoms with Gasteiger partial charge in [0.15, 0.2) is 0 Å². The van der Waals surface area contributed by atoms with E-state index < -0.39 is 0 Å². The molecule has 1 aromatic rings. The molecule has 1 atom stereocenters. The molecule has 0 aromatic heterocycles. The van der Waals surface area contributed by atoms with Crippen molar-refractivity contribution in [3.05, 3.63) is 34.1 Å². The first-order chi connectivity index (χ1) is 9.04. The van der Waals surface area contributed by atoms with Crippen LogP contribution in [-0.4, -0.2) is 12.6 Å². The molecular formula is C16H25BrFN. The molecule has 1 rings (SSSR count). The normalized spacial score (nSPS) is 12.9. The van der Waals surface area contributed by atoms with Crippen molar-refractivity contribution in [1.82, 2.24) is 5.32 Å². The zero-order chi connectivity index (χ0) is 14.3. The molecule has 0 heterocycles. The Labute approximate surface area is 125 Å². The minimum absolute atomic E-state index is 0.0918. The SMILES string of the molecule is CCCNC(CCCc1cc(Br)ccc1F)C(C)C. The van der Waals surface area contributed by atoms with Gasteiger partial charge in [-0.2, -0.15) is 0 Å². The van der Waals surface area contributed by atoms with Crippen molar-refractivity contribution >= 4 is 15.9 Å². The molecule has 1 N–H and O–H groups in total. The molecule has 0 amide bonds. The van der Waals surface area contributed by atoms with E-state index in [1.54, 1.807) is 6.07 Å². The van der Waals surface area contributed by atoms with E-state index in [-0.39, 0.29) is 5.82 Å². The van der Waals surface area contributed by atoms with Gasteiger partial charge < -0.3 is 5.32 Å². The van der Waals surface area contributed by atoms with Gasteiger partial charge in [0.2, 0.25) is 0 Å². The largest absolute Gasteiger partial charge is 0.314 e. The van der Waals surface area contributed by atoms with E-state index in [0.29, 0.717) is 12.0 Å². The lowest BCUT2D eigenvalue weighted by atomic mass is 9.96. The fourth-order valence-corrected chi connectivity index (χ4v) is 2.66. The van der Waals surface area contributed by atoms with E-state index in [4.69, 9.17) is 0 Å². The van der Waals surface area contributed by atoms with Crippen LogP contribution in [0.3, 0.4) is 0 Å². The lowest BCUT2D eigenvalue weighted by molar-refractivity contribution is 0.369. The summed E-state index contributed by atoms with van der Waals surface area (Å²) in [7, 11) is 0. The second-order valence-corrected chi connectivity index (χ2v) is 6.35. The van der Waals surface area contributed by atoms with Gasteiger partial charge in [0, 0.05) is 10.5 Å². The lowest BCUT2D eigenvalue weighted by Crippen LogP contribution is -2.34. The third kappa shape index (κ3) is 6.05. The molecule has 0 aliphatic rings. The molecule has 0 saturated carbocycles. The van der Waals surface area contributed by atoms with Crippen LogP contribution in [0.4, 0.5) is 4.39 Å². The van der Waals surface area contributed by atoms with E-state index >= 15 is 0 Å². The highest BCUT2D eigenvalue weighted by Crippen LogP contribution is 2.18. The van der Waals surface area contributed by atoms with Crippen LogP contribution in [0.5, 0.6) is 0 Å². The minimum Gasteiger partial charge on any atom is -0.314 e. The average Bonchev–Trinajstić information content (AvgIpc) is 2.37.